The van der Waals surface area contributed by atoms with Crippen LogP contribution in [-0.2, 0) is 0 Å². The van der Waals surface area contributed by atoms with E-state index in [9.17, 15) is 0 Å². The first-order valence-corrected chi connectivity index (χ1v) is 3.97. The third kappa shape index (κ3) is 3.02. The summed E-state index contributed by atoms with van der Waals surface area (Å²) in [5.41, 5.74) is 0. The van der Waals surface area contributed by atoms with Gasteiger partial charge in [-0.2, -0.15) is 0 Å². The third-order valence-corrected chi connectivity index (χ3v) is 1.39. The summed E-state index contributed by atoms with van der Waals surface area (Å²) < 4.78 is 0. The summed E-state index contributed by atoms with van der Waals surface area (Å²) in [5.74, 6) is 0.621. The summed E-state index contributed by atoms with van der Waals surface area (Å²) in [7, 11) is 0. The van der Waals surface area contributed by atoms with Crippen LogP contribution in [0.1, 0.15) is 6.92 Å². The Balaban J connectivity index is 2.52. The molecule has 0 aliphatic rings. The maximum atomic E-state index is 8.94. The van der Waals surface area contributed by atoms with Crippen molar-refractivity contribution < 1.29 is 5.11 Å². The van der Waals surface area contributed by atoms with Gasteiger partial charge in [0.25, 0.3) is 0 Å². The van der Waals surface area contributed by atoms with Crippen molar-refractivity contribution in [2.45, 2.75) is 13.0 Å². The van der Waals surface area contributed by atoms with E-state index in [2.05, 4.69) is 15.3 Å². The molecule has 0 amide bonds. The fourth-order valence-electron chi connectivity index (χ4n) is 0.686. The van der Waals surface area contributed by atoms with Crippen molar-refractivity contribution in [3.8, 4) is 0 Å². The van der Waals surface area contributed by atoms with Gasteiger partial charge in [0, 0.05) is 12.7 Å². The molecule has 1 heterocycles. The highest BCUT2D eigenvalue weighted by atomic mass is 35.5. The summed E-state index contributed by atoms with van der Waals surface area (Å²) >= 11 is 5.54. The molecule has 0 aliphatic heterocycles. The van der Waals surface area contributed by atoms with Crippen molar-refractivity contribution in [3.63, 3.8) is 0 Å². The Morgan fingerprint density at radius 3 is 3.08 bits per heavy atom. The molecule has 0 aromatic carbocycles. The van der Waals surface area contributed by atoms with Crippen LogP contribution in [0.3, 0.4) is 0 Å². The number of nitrogens with zero attached hydrogens (tertiary/aromatic N) is 2. The van der Waals surface area contributed by atoms with Crippen LogP contribution in [0.5, 0.6) is 0 Å². The lowest BCUT2D eigenvalue weighted by Crippen LogP contribution is -2.16. The van der Waals surface area contributed by atoms with E-state index in [0.29, 0.717) is 12.4 Å². The van der Waals surface area contributed by atoms with Crippen molar-refractivity contribution >= 4 is 17.4 Å². The summed E-state index contributed by atoms with van der Waals surface area (Å²) in [6, 6.07) is 1.69. The number of anilines is 1. The normalized spacial score (nSPS) is 12.6. The first-order chi connectivity index (χ1) is 5.68. The predicted molar refractivity (Wildman–Crippen MR) is 47.2 cm³/mol. The third-order valence-electron chi connectivity index (χ3n) is 1.20. The predicted octanol–water partition coefficient (Wildman–Crippen LogP) is 0.923. The molecule has 0 saturated heterocycles. The van der Waals surface area contributed by atoms with E-state index in [1.807, 2.05) is 0 Å². The largest absolute Gasteiger partial charge is 0.392 e. The van der Waals surface area contributed by atoms with Gasteiger partial charge in [0.05, 0.1) is 6.10 Å². The standard InChI is InChI=1S/C7H10ClN3O/c1-5(12)4-10-6-2-3-9-7(8)11-6/h2-3,5,12H,4H2,1H3,(H,9,10,11)/t5-/m1/s1. The smallest absolute Gasteiger partial charge is 0.224 e. The van der Waals surface area contributed by atoms with Gasteiger partial charge in [-0.05, 0) is 24.6 Å². The molecule has 0 bridgehead atoms. The van der Waals surface area contributed by atoms with E-state index >= 15 is 0 Å². The molecule has 1 aromatic heterocycles. The van der Waals surface area contributed by atoms with E-state index in [4.69, 9.17) is 16.7 Å². The number of hydrogen-bond donors (Lipinski definition) is 2. The van der Waals surface area contributed by atoms with E-state index in [0.717, 1.165) is 0 Å². The molecule has 1 aromatic rings. The SMILES string of the molecule is C[C@@H](O)CNc1ccnc(Cl)n1. The molecule has 0 radical (unpaired) electrons. The van der Waals surface area contributed by atoms with E-state index in [1.54, 1.807) is 19.2 Å². The average molecular weight is 188 g/mol. The lowest BCUT2D eigenvalue weighted by molar-refractivity contribution is 0.208. The summed E-state index contributed by atoms with van der Waals surface area (Å²) in [5, 5.41) is 12.0. The van der Waals surface area contributed by atoms with Gasteiger partial charge in [0.15, 0.2) is 0 Å². The Labute approximate surface area is 75.6 Å². The zero-order chi connectivity index (χ0) is 8.97. The van der Waals surface area contributed by atoms with Crippen molar-refractivity contribution in [2.24, 2.45) is 0 Å². The lowest BCUT2D eigenvalue weighted by atomic mass is 10.4. The van der Waals surface area contributed by atoms with Gasteiger partial charge in [0.1, 0.15) is 5.82 Å². The first-order valence-electron chi connectivity index (χ1n) is 3.59. The molecule has 0 unspecified atom stereocenters. The zero-order valence-electron chi connectivity index (χ0n) is 6.66. The molecule has 2 N–H and O–H groups in total. The van der Waals surface area contributed by atoms with Crippen LogP contribution in [0.25, 0.3) is 0 Å². The number of aliphatic hydroxyl groups excluding tert-OH is 1. The van der Waals surface area contributed by atoms with Gasteiger partial charge in [-0.1, -0.05) is 0 Å². The van der Waals surface area contributed by atoms with Gasteiger partial charge in [0.2, 0.25) is 5.28 Å². The second kappa shape index (κ2) is 4.23. The van der Waals surface area contributed by atoms with Gasteiger partial charge in [-0.15, -0.1) is 0 Å². The molecular weight excluding hydrogens is 178 g/mol. The molecular formula is C7H10ClN3O. The number of nitrogens with one attached hydrogen (secondary N) is 1. The molecule has 0 fully saturated rings. The average Bonchev–Trinajstić information content (AvgIpc) is 2.01. The Bertz CT molecular complexity index is 254. The molecule has 4 nitrogen and oxygen atoms in total. The quantitative estimate of drug-likeness (QED) is 0.691. The minimum Gasteiger partial charge on any atom is -0.392 e. The minimum atomic E-state index is -0.404. The second-order valence-corrected chi connectivity index (χ2v) is 2.78. The monoisotopic (exact) mass is 187 g/mol. The molecule has 0 saturated carbocycles. The van der Waals surface area contributed by atoms with Crippen LogP contribution < -0.4 is 5.32 Å². The van der Waals surface area contributed by atoms with Gasteiger partial charge in [-0.25, -0.2) is 9.97 Å². The topological polar surface area (TPSA) is 58.0 Å². The van der Waals surface area contributed by atoms with Gasteiger partial charge < -0.3 is 10.4 Å². The summed E-state index contributed by atoms with van der Waals surface area (Å²) in [4.78, 5) is 7.60. The minimum absolute atomic E-state index is 0.200. The highest BCUT2D eigenvalue weighted by Gasteiger charge is 1.97. The molecule has 0 aliphatic carbocycles. The van der Waals surface area contributed by atoms with Crippen molar-refractivity contribution in [1.82, 2.24) is 9.97 Å². The second-order valence-electron chi connectivity index (χ2n) is 2.44. The Kier molecular flexibility index (Phi) is 3.25. The van der Waals surface area contributed by atoms with E-state index in [-0.39, 0.29) is 5.28 Å². The lowest BCUT2D eigenvalue weighted by Gasteiger charge is -2.06. The number of aromatic nitrogens is 2. The van der Waals surface area contributed by atoms with E-state index < -0.39 is 6.10 Å². The molecule has 1 atom stereocenters. The number of rotatable bonds is 3. The van der Waals surface area contributed by atoms with Crippen LogP contribution in [-0.4, -0.2) is 27.7 Å². The Hall–Kier alpha value is -0.870. The number of halogens is 1. The molecule has 5 heteroatoms. The Morgan fingerprint density at radius 2 is 2.50 bits per heavy atom. The number of hydrogen-bond acceptors (Lipinski definition) is 4. The van der Waals surface area contributed by atoms with Crippen LogP contribution in [0.15, 0.2) is 12.3 Å². The van der Waals surface area contributed by atoms with Crippen molar-refractivity contribution in [1.29, 1.82) is 0 Å². The molecule has 12 heavy (non-hydrogen) atoms. The molecule has 0 spiro atoms. The molecule has 66 valence electrons. The van der Waals surface area contributed by atoms with Gasteiger partial charge in [-0.3, -0.25) is 0 Å². The van der Waals surface area contributed by atoms with E-state index in [1.165, 1.54) is 0 Å². The van der Waals surface area contributed by atoms with Crippen LogP contribution >= 0.6 is 11.6 Å². The summed E-state index contributed by atoms with van der Waals surface area (Å²) in [6.45, 7) is 2.14. The highest BCUT2D eigenvalue weighted by Crippen LogP contribution is 2.05. The van der Waals surface area contributed by atoms with Crippen LogP contribution in [0.4, 0.5) is 5.82 Å². The fraction of sp³-hybridized carbons (Fsp3) is 0.429. The molecule has 1 rings (SSSR count). The Morgan fingerprint density at radius 1 is 1.75 bits per heavy atom. The maximum absolute atomic E-state index is 8.94. The fourth-order valence-corrected chi connectivity index (χ4v) is 0.833. The van der Waals surface area contributed by atoms with Crippen LogP contribution in [0.2, 0.25) is 5.28 Å². The number of aliphatic hydroxyl groups is 1. The van der Waals surface area contributed by atoms with Crippen molar-refractivity contribution in [3.05, 3.63) is 17.5 Å². The summed E-state index contributed by atoms with van der Waals surface area (Å²) in [6.07, 6.45) is 1.15. The zero-order valence-corrected chi connectivity index (χ0v) is 7.41. The first kappa shape index (κ1) is 9.22. The maximum Gasteiger partial charge on any atom is 0.224 e. The van der Waals surface area contributed by atoms with Crippen molar-refractivity contribution in [2.75, 3.05) is 11.9 Å². The van der Waals surface area contributed by atoms with Gasteiger partial charge >= 0.3 is 0 Å². The van der Waals surface area contributed by atoms with Crippen LogP contribution in [0, 0.1) is 0 Å². The highest BCUT2D eigenvalue weighted by molar-refractivity contribution is 6.28.